The molecule has 84 valence electrons. The zero-order valence-electron chi connectivity index (χ0n) is 8.69. The van der Waals surface area contributed by atoms with Gasteiger partial charge in [0, 0.05) is 0 Å². The van der Waals surface area contributed by atoms with Gasteiger partial charge < -0.3 is 4.55 Å². The predicted octanol–water partition coefficient (Wildman–Crippen LogP) is -2.77. The summed E-state index contributed by atoms with van der Waals surface area (Å²) in [5, 5.41) is 9.57. The summed E-state index contributed by atoms with van der Waals surface area (Å²) < 4.78 is 33.0. The van der Waals surface area contributed by atoms with Crippen LogP contribution >= 0.6 is 12.2 Å². The molecule has 0 amide bonds. The molecule has 17 heavy (non-hydrogen) atoms. The second-order valence-electron chi connectivity index (χ2n) is 2.84. The number of aromatic amines is 1. The van der Waals surface area contributed by atoms with Gasteiger partial charge in [-0.1, -0.05) is 17.2 Å². The van der Waals surface area contributed by atoms with Crippen LogP contribution < -0.4 is 29.6 Å². The maximum absolute atomic E-state index is 11.0. The predicted molar refractivity (Wildman–Crippen MR) is 54.5 cm³/mol. The van der Waals surface area contributed by atoms with Gasteiger partial charge in [0.1, 0.15) is 15.8 Å². The molecule has 1 N–H and O–H groups in total. The summed E-state index contributed by atoms with van der Waals surface area (Å²) in [6.07, 6.45) is 0. The van der Waals surface area contributed by atoms with Crippen molar-refractivity contribution in [1.29, 1.82) is 0 Å². The number of H-pyrrole nitrogens is 1. The van der Waals surface area contributed by atoms with Crippen molar-refractivity contribution in [3.8, 4) is 5.69 Å². The van der Waals surface area contributed by atoms with Crippen LogP contribution in [-0.2, 0) is 10.1 Å². The summed E-state index contributed by atoms with van der Waals surface area (Å²) in [4.78, 5) is 0.652. The second kappa shape index (κ2) is 5.38. The average Bonchev–Trinajstić information content (AvgIpc) is 2.64. The Kier molecular flexibility index (Phi) is 4.58. The first kappa shape index (κ1) is 14.5. The number of hydrogen-bond acceptors (Lipinski definition) is 6. The fourth-order valence-electron chi connectivity index (χ4n) is 1.17. The van der Waals surface area contributed by atoms with E-state index in [1.807, 2.05) is 0 Å². The van der Waals surface area contributed by atoms with Crippen molar-refractivity contribution in [2.45, 2.75) is 4.90 Å². The van der Waals surface area contributed by atoms with Gasteiger partial charge in [0.25, 0.3) is 0 Å². The van der Waals surface area contributed by atoms with Crippen LogP contribution in [0.3, 0.4) is 0 Å². The van der Waals surface area contributed by atoms with Crippen LogP contribution in [0.25, 0.3) is 5.69 Å². The molecule has 0 fully saturated rings. The molecule has 10 heteroatoms. The van der Waals surface area contributed by atoms with E-state index in [2.05, 4.69) is 15.4 Å². The van der Waals surface area contributed by atoms with E-state index in [1.165, 1.54) is 18.2 Å². The molecule has 2 aromatic rings. The minimum absolute atomic E-state index is 0. The van der Waals surface area contributed by atoms with Crippen LogP contribution in [0.2, 0.25) is 0 Å². The maximum atomic E-state index is 11.0. The van der Waals surface area contributed by atoms with Gasteiger partial charge in [0.15, 0.2) is 0 Å². The molecule has 0 radical (unpaired) electrons. The largest absolute Gasteiger partial charge is 1.00 e. The van der Waals surface area contributed by atoms with Crippen molar-refractivity contribution in [1.82, 2.24) is 20.2 Å². The summed E-state index contributed by atoms with van der Waals surface area (Å²) in [6.45, 7) is 0. The molecule has 2 rings (SSSR count). The van der Waals surface area contributed by atoms with Crippen molar-refractivity contribution in [2.24, 2.45) is 0 Å². The number of aromatic nitrogens is 4. The Balaban J connectivity index is 0.00000144. The molecule has 0 aliphatic rings. The number of hydrogen-bond donors (Lipinski definition) is 1. The van der Waals surface area contributed by atoms with E-state index in [9.17, 15) is 13.0 Å². The number of benzene rings is 1. The molecule has 0 bridgehead atoms. The molecule has 7 nitrogen and oxygen atoms in total. The van der Waals surface area contributed by atoms with E-state index in [-0.39, 0.29) is 44.9 Å². The minimum atomic E-state index is -4.56. The average molecular weight is 280 g/mol. The third-order valence-electron chi connectivity index (χ3n) is 1.79. The first-order valence-corrected chi connectivity index (χ1v) is 5.87. The number of nitrogens with zero attached hydrogens (tertiary/aromatic N) is 3. The van der Waals surface area contributed by atoms with Gasteiger partial charge in [-0.2, -0.15) is 4.80 Å². The van der Waals surface area contributed by atoms with Crippen molar-refractivity contribution in [2.75, 3.05) is 0 Å². The fourth-order valence-corrected chi connectivity index (χ4v) is 1.95. The molecule has 1 aromatic carbocycles. The molecule has 1 heterocycles. The Morgan fingerprint density at radius 1 is 1.35 bits per heavy atom. The van der Waals surface area contributed by atoms with Crippen molar-refractivity contribution in [3.05, 3.63) is 29.0 Å². The zero-order chi connectivity index (χ0) is 11.8. The van der Waals surface area contributed by atoms with Gasteiger partial charge in [-0.05, 0) is 29.6 Å². The van der Waals surface area contributed by atoms with Gasteiger partial charge in [0.2, 0.25) is 4.77 Å². The number of nitrogens with one attached hydrogen (secondary N) is 1. The Morgan fingerprint density at radius 3 is 2.53 bits per heavy atom. The first-order valence-electron chi connectivity index (χ1n) is 4.06. The molecule has 1 aromatic heterocycles. The standard InChI is InChI=1S/C7H6N4O3S2.Na/c12-16(13,14)6-4-2-1-3-5(6)11-9-7(15)8-10-11;/h1-4H,(H,9,15)(H,12,13,14);/q;+1/p-1. The van der Waals surface area contributed by atoms with Crippen molar-refractivity contribution >= 4 is 22.3 Å². The Morgan fingerprint density at radius 2 is 2.00 bits per heavy atom. The van der Waals surface area contributed by atoms with Crippen LogP contribution in [0.4, 0.5) is 0 Å². The van der Waals surface area contributed by atoms with Crippen molar-refractivity contribution in [3.63, 3.8) is 0 Å². The third-order valence-corrected chi connectivity index (χ3v) is 2.85. The monoisotopic (exact) mass is 280 g/mol. The number of rotatable bonds is 2. The van der Waals surface area contributed by atoms with E-state index in [1.54, 1.807) is 6.07 Å². The van der Waals surface area contributed by atoms with E-state index >= 15 is 0 Å². The van der Waals surface area contributed by atoms with E-state index in [4.69, 9.17) is 12.2 Å². The molecule has 0 unspecified atom stereocenters. The molecule has 0 aliphatic carbocycles. The Hall–Kier alpha value is -0.580. The quantitative estimate of drug-likeness (QED) is 0.363. The normalized spacial score (nSPS) is 10.9. The smallest absolute Gasteiger partial charge is 0.744 e. The molecule has 0 saturated heterocycles. The van der Waals surface area contributed by atoms with E-state index < -0.39 is 10.1 Å². The van der Waals surface area contributed by atoms with Gasteiger partial charge in [-0.15, -0.1) is 0 Å². The summed E-state index contributed by atoms with van der Waals surface area (Å²) in [6, 6.07) is 5.63. The van der Waals surface area contributed by atoms with E-state index in [0.717, 1.165) is 4.80 Å². The van der Waals surface area contributed by atoms with Crippen molar-refractivity contribution < 1.29 is 42.5 Å². The number of tetrazole rings is 1. The molecular weight excluding hydrogens is 275 g/mol. The van der Waals surface area contributed by atoms with Crippen LogP contribution in [0.1, 0.15) is 0 Å². The molecule has 0 atom stereocenters. The molecule has 0 saturated carbocycles. The SMILES string of the molecule is O=S(=O)([O-])c1ccccc1-n1nnc(=S)[nH]1.[Na+]. The number of para-hydroxylation sites is 1. The zero-order valence-corrected chi connectivity index (χ0v) is 12.3. The summed E-state index contributed by atoms with van der Waals surface area (Å²) in [5.74, 6) is 0. The minimum Gasteiger partial charge on any atom is -0.744 e. The van der Waals surface area contributed by atoms with Crippen LogP contribution in [-0.4, -0.2) is 33.2 Å². The Labute approximate surface area is 124 Å². The van der Waals surface area contributed by atoms with Crippen LogP contribution in [0, 0.1) is 4.77 Å². The van der Waals surface area contributed by atoms with Gasteiger partial charge in [-0.25, -0.2) is 13.5 Å². The summed E-state index contributed by atoms with van der Waals surface area (Å²) >= 11 is 4.69. The molecule has 0 spiro atoms. The van der Waals surface area contributed by atoms with Gasteiger partial charge >= 0.3 is 29.6 Å². The van der Waals surface area contributed by atoms with Crippen LogP contribution in [0.5, 0.6) is 0 Å². The maximum Gasteiger partial charge on any atom is 1.00 e. The van der Waals surface area contributed by atoms with E-state index in [0.29, 0.717) is 0 Å². The summed E-state index contributed by atoms with van der Waals surface area (Å²) in [5.41, 5.74) is 0.0844. The molecular formula is C7H5N4NaO3S2. The fraction of sp³-hybridized carbons (Fsp3) is 0. The third kappa shape index (κ3) is 3.21. The van der Waals surface area contributed by atoms with Crippen LogP contribution in [0.15, 0.2) is 29.2 Å². The molecule has 0 aliphatic heterocycles. The summed E-state index contributed by atoms with van der Waals surface area (Å²) in [7, 11) is -4.56. The van der Waals surface area contributed by atoms with Gasteiger partial charge in [0.05, 0.1) is 4.90 Å². The second-order valence-corrected chi connectivity index (χ2v) is 4.57. The Bertz CT molecular complexity index is 678. The topological polar surface area (TPSA) is 104 Å². The first-order chi connectivity index (χ1) is 7.48. The van der Waals surface area contributed by atoms with Gasteiger partial charge in [-0.3, -0.25) is 0 Å².